The summed E-state index contributed by atoms with van der Waals surface area (Å²) in [6, 6.07) is 6.19. The number of nitrogens with zero attached hydrogens (tertiary/aromatic N) is 1. The van der Waals surface area contributed by atoms with E-state index in [1.807, 2.05) is 0 Å². The van der Waals surface area contributed by atoms with Gasteiger partial charge in [0.1, 0.15) is 7.11 Å². The number of alkyl halides is 3. The molecule has 16 heavy (non-hydrogen) atoms. The van der Waals surface area contributed by atoms with Gasteiger partial charge in [-0.3, -0.25) is 0 Å². The predicted octanol–water partition coefficient (Wildman–Crippen LogP) is 3.67. The molecular weight excluding hydrogens is 239 g/mol. The van der Waals surface area contributed by atoms with Crippen molar-refractivity contribution in [3.63, 3.8) is 0 Å². The van der Waals surface area contributed by atoms with Gasteiger partial charge in [-0.15, -0.1) is 0 Å². The van der Waals surface area contributed by atoms with Gasteiger partial charge in [0.15, 0.2) is 0 Å². The first-order chi connectivity index (χ1) is 7.44. The SMILES string of the molecule is CO/N=C(\C)c1ccccc1SC(F)(F)F. The number of hydrogen-bond donors (Lipinski definition) is 0. The molecule has 0 fully saturated rings. The van der Waals surface area contributed by atoms with E-state index in [0.717, 1.165) is 0 Å². The summed E-state index contributed by atoms with van der Waals surface area (Å²) in [7, 11) is 1.35. The fraction of sp³-hybridized carbons (Fsp3) is 0.300. The summed E-state index contributed by atoms with van der Waals surface area (Å²) < 4.78 is 36.8. The summed E-state index contributed by atoms with van der Waals surface area (Å²) in [6.07, 6.45) is 0. The molecule has 0 saturated heterocycles. The maximum atomic E-state index is 12.3. The lowest BCUT2D eigenvalue weighted by Crippen LogP contribution is -2.04. The average molecular weight is 249 g/mol. The van der Waals surface area contributed by atoms with Crippen LogP contribution in [0.25, 0.3) is 0 Å². The molecule has 88 valence electrons. The van der Waals surface area contributed by atoms with Crippen molar-refractivity contribution in [1.29, 1.82) is 0 Å². The van der Waals surface area contributed by atoms with Crippen LogP contribution in [-0.2, 0) is 4.84 Å². The molecule has 0 N–H and O–H groups in total. The Morgan fingerprint density at radius 1 is 1.31 bits per heavy atom. The van der Waals surface area contributed by atoms with Crippen molar-refractivity contribution in [3.05, 3.63) is 29.8 Å². The fourth-order valence-electron chi connectivity index (χ4n) is 1.17. The van der Waals surface area contributed by atoms with Gasteiger partial charge >= 0.3 is 5.51 Å². The molecule has 1 aromatic rings. The highest BCUT2D eigenvalue weighted by Gasteiger charge is 2.30. The Morgan fingerprint density at radius 3 is 2.50 bits per heavy atom. The minimum absolute atomic E-state index is 0.119. The van der Waals surface area contributed by atoms with E-state index in [1.165, 1.54) is 13.2 Å². The normalized spacial score (nSPS) is 12.7. The first-order valence-corrected chi connectivity index (χ1v) is 5.18. The topological polar surface area (TPSA) is 21.6 Å². The van der Waals surface area contributed by atoms with Crippen LogP contribution in [0.4, 0.5) is 13.2 Å². The second-order valence-electron chi connectivity index (χ2n) is 2.90. The second kappa shape index (κ2) is 5.25. The molecule has 0 aliphatic carbocycles. The lowest BCUT2D eigenvalue weighted by molar-refractivity contribution is -0.0328. The van der Waals surface area contributed by atoms with Gasteiger partial charge in [0.05, 0.1) is 5.71 Å². The Kier molecular flexibility index (Phi) is 4.23. The molecular formula is C10H10F3NOS. The van der Waals surface area contributed by atoms with Crippen LogP contribution in [0, 0.1) is 0 Å². The van der Waals surface area contributed by atoms with E-state index in [1.54, 1.807) is 25.1 Å². The molecule has 1 aromatic carbocycles. The number of rotatable bonds is 3. The van der Waals surface area contributed by atoms with Crippen LogP contribution in [-0.4, -0.2) is 18.3 Å². The summed E-state index contributed by atoms with van der Waals surface area (Å²) in [5.41, 5.74) is -3.47. The summed E-state index contributed by atoms with van der Waals surface area (Å²) in [5, 5.41) is 3.62. The Bertz CT molecular complexity index is 390. The van der Waals surface area contributed by atoms with E-state index in [0.29, 0.717) is 11.3 Å². The molecule has 0 saturated carbocycles. The fourth-order valence-corrected chi connectivity index (χ4v) is 1.89. The number of halogens is 3. The van der Waals surface area contributed by atoms with E-state index in [-0.39, 0.29) is 16.7 Å². The van der Waals surface area contributed by atoms with Crippen LogP contribution >= 0.6 is 11.8 Å². The van der Waals surface area contributed by atoms with Crippen molar-refractivity contribution >= 4 is 17.5 Å². The van der Waals surface area contributed by atoms with E-state index in [4.69, 9.17) is 0 Å². The van der Waals surface area contributed by atoms with Gasteiger partial charge in [-0.1, -0.05) is 23.4 Å². The van der Waals surface area contributed by atoms with Gasteiger partial charge < -0.3 is 4.84 Å². The summed E-state index contributed by atoms with van der Waals surface area (Å²) >= 11 is -0.155. The van der Waals surface area contributed by atoms with Crippen LogP contribution in [0.5, 0.6) is 0 Å². The van der Waals surface area contributed by atoms with Crippen LogP contribution in [0.1, 0.15) is 12.5 Å². The highest BCUT2D eigenvalue weighted by molar-refractivity contribution is 8.00. The quantitative estimate of drug-likeness (QED) is 0.463. The van der Waals surface area contributed by atoms with Crippen LogP contribution in [0.15, 0.2) is 34.3 Å². The summed E-state index contributed by atoms with van der Waals surface area (Å²) in [4.78, 5) is 4.66. The molecule has 0 aliphatic rings. The molecule has 6 heteroatoms. The van der Waals surface area contributed by atoms with Gasteiger partial charge in [0.2, 0.25) is 0 Å². The molecule has 0 radical (unpaired) electrons. The van der Waals surface area contributed by atoms with Crippen molar-refractivity contribution in [2.24, 2.45) is 5.16 Å². The van der Waals surface area contributed by atoms with Crippen LogP contribution in [0.2, 0.25) is 0 Å². The van der Waals surface area contributed by atoms with Crippen molar-refractivity contribution in [3.8, 4) is 0 Å². The van der Waals surface area contributed by atoms with Gasteiger partial charge in [0.25, 0.3) is 0 Å². The molecule has 0 unspecified atom stereocenters. The zero-order valence-corrected chi connectivity index (χ0v) is 9.52. The van der Waals surface area contributed by atoms with Crippen molar-refractivity contribution < 1.29 is 18.0 Å². The standard InChI is InChI=1S/C10H10F3NOS/c1-7(14-15-2)8-5-3-4-6-9(8)16-10(11,12)13/h3-6H,1-2H3/b14-7+. The molecule has 2 nitrogen and oxygen atoms in total. The summed E-state index contributed by atoms with van der Waals surface area (Å²) in [6.45, 7) is 1.60. The Labute approximate surface area is 95.5 Å². The van der Waals surface area contributed by atoms with E-state index >= 15 is 0 Å². The van der Waals surface area contributed by atoms with Crippen molar-refractivity contribution in [2.45, 2.75) is 17.3 Å². The first kappa shape index (κ1) is 12.9. The lowest BCUT2D eigenvalue weighted by Gasteiger charge is -2.10. The minimum Gasteiger partial charge on any atom is -0.399 e. The zero-order valence-electron chi connectivity index (χ0n) is 8.71. The van der Waals surface area contributed by atoms with Gasteiger partial charge in [0, 0.05) is 10.5 Å². The Hall–Kier alpha value is -1.17. The van der Waals surface area contributed by atoms with Gasteiger partial charge in [-0.05, 0) is 24.8 Å². The van der Waals surface area contributed by atoms with Gasteiger partial charge in [-0.25, -0.2) is 0 Å². The molecule has 0 atom stereocenters. The predicted molar refractivity (Wildman–Crippen MR) is 57.6 cm³/mol. The molecule has 0 aromatic heterocycles. The zero-order chi connectivity index (χ0) is 12.2. The Morgan fingerprint density at radius 2 is 1.94 bits per heavy atom. The summed E-state index contributed by atoms with van der Waals surface area (Å²) in [5.74, 6) is 0. The Balaban J connectivity index is 3.06. The maximum absolute atomic E-state index is 12.3. The van der Waals surface area contributed by atoms with E-state index < -0.39 is 5.51 Å². The van der Waals surface area contributed by atoms with Crippen molar-refractivity contribution in [1.82, 2.24) is 0 Å². The molecule has 0 spiro atoms. The van der Waals surface area contributed by atoms with E-state index in [9.17, 15) is 13.2 Å². The molecule has 0 bridgehead atoms. The molecule has 0 heterocycles. The highest BCUT2D eigenvalue weighted by Crippen LogP contribution is 2.38. The number of benzene rings is 1. The first-order valence-electron chi connectivity index (χ1n) is 4.37. The van der Waals surface area contributed by atoms with Gasteiger partial charge in [-0.2, -0.15) is 13.2 Å². The largest absolute Gasteiger partial charge is 0.446 e. The molecule has 0 amide bonds. The second-order valence-corrected chi connectivity index (χ2v) is 4.01. The third-order valence-corrected chi connectivity index (χ3v) is 2.54. The van der Waals surface area contributed by atoms with E-state index in [2.05, 4.69) is 9.99 Å². The van der Waals surface area contributed by atoms with Crippen LogP contribution in [0.3, 0.4) is 0 Å². The van der Waals surface area contributed by atoms with Crippen LogP contribution < -0.4 is 0 Å². The number of thioether (sulfide) groups is 1. The average Bonchev–Trinajstić information content (AvgIpc) is 2.16. The highest BCUT2D eigenvalue weighted by atomic mass is 32.2. The third kappa shape index (κ3) is 3.77. The lowest BCUT2D eigenvalue weighted by atomic mass is 10.1. The minimum atomic E-state index is -4.30. The number of hydrogen-bond acceptors (Lipinski definition) is 3. The molecule has 1 rings (SSSR count). The number of oxime groups is 1. The molecule has 0 aliphatic heterocycles. The maximum Gasteiger partial charge on any atom is 0.446 e. The van der Waals surface area contributed by atoms with Crippen molar-refractivity contribution in [2.75, 3.05) is 7.11 Å². The monoisotopic (exact) mass is 249 g/mol. The smallest absolute Gasteiger partial charge is 0.399 e. The third-order valence-electron chi connectivity index (χ3n) is 1.73.